The number of hydrogen-bond donors (Lipinski definition) is 0. The third kappa shape index (κ3) is 4.23. The number of carbonyl (C=O) groups excluding carboxylic acids is 1. The maximum absolute atomic E-state index is 13.1. The van der Waals surface area contributed by atoms with E-state index in [9.17, 15) is 4.79 Å². The fourth-order valence-corrected chi connectivity index (χ4v) is 6.93. The molecule has 0 saturated carbocycles. The lowest BCUT2D eigenvalue weighted by Crippen LogP contribution is -2.28. The molecule has 2 aliphatic heterocycles. The van der Waals surface area contributed by atoms with Crippen LogP contribution in [-0.2, 0) is 4.79 Å². The van der Waals surface area contributed by atoms with Crippen molar-refractivity contribution in [2.24, 2.45) is 4.99 Å². The number of nitrogens with zero attached hydrogens (tertiary/aromatic N) is 4. The van der Waals surface area contributed by atoms with Gasteiger partial charge < -0.3 is 9.64 Å². The fraction of sp³-hybridized carbons (Fsp3) is 0.240. The predicted molar refractivity (Wildman–Crippen MR) is 144 cm³/mol. The van der Waals surface area contributed by atoms with Gasteiger partial charge in [-0.2, -0.15) is 4.99 Å². The quantitative estimate of drug-likeness (QED) is 0.364. The highest BCUT2D eigenvalue weighted by atomic mass is 32.2. The zero-order valence-corrected chi connectivity index (χ0v) is 21.8. The summed E-state index contributed by atoms with van der Waals surface area (Å²) in [6, 6.07) is 12.3. The highest BCUT2D eigenvalue weighted by molar-refractivity contribution is 8.18. The van der Waals surface area contributed by atoms with Crippen LogP contribution in [0.5, 0.6) is 5.75 Å². The first-order chi connectivity index (χ1) is 16.5. The Morgan fingerprint density at radius 3 is 2.65 bits per heavy atom. The highest BCUT2D eigenvalue weighted by Crippen LogP contribution is 2.47. The number of amidine groups is 1. The molecular formula is C25H24N4O2S3. The maximum atomic E-state index is 13.1. The number of ether oxygens (including phenoxy) is 1. The summed E-state index contributed by atoms with van der Waals surface area (Å²) in [6.07, 6.45) is 3.94. The Bertz CT molecular complexity index is 1380. The zero-order chi connectivity index (χ0) is 23.8. The average molecular weight is 509 g/mol. The standard InChI is InChI=1S/C25H24N4O2S3/c1-5-28-18-14-16(31-4)8-10-19(18)32-22(28)12-11-20-23(30)29(6-2)25(34-20)27-24-26-17-9-7-15(3)13-21(17)33-24/h7-14H,5-6H2,1-4H3. The minimum Gasteiger partial charge on any atom is -0.497 e. The van der Waals surface area contributed by atoms with Crippen molar-refractivity contribution in [2.75, 3.05) is 25.1 Å². The summed E-state index contributed by atoms with van der Waals surface area (Å²) >= 11 is 4.65. The summed E-state index contributed by atoms with van der Waals surface area (Å²) in [7, 11) is 1.68. The minimum absolute atomic E-state index is 0.0229. The Labute approximate surface area is 211 Å². The van der Waals surface area contributed by atoms with E-state index >= 15 is 0 Å². The number of thiazole rings is 1. The highest BCUT2D eigenvalue weighted by Gasteiger charge is 2.32. The van der Waals surface area contributed by atoms with Crippen LogP contribution in [-0.4, -0.2) is 41.2 Å². The van der Waals surface area contributed by atoms with Gasteiger partial charge in [0.2, 0.25) is 5.13 Å². The number of fused-ring (bicyclic) bond motifs is 2. The number of aromatic nitrogens is 1. The molecule has 0 unspecified atom stereocenters. The van der Waals surface area contributed by atoms with Crippen molar-refractivity contribution >= 4 is 67.0 Å². The van der Waals surface area contributed by atoms with Crippen molar-refractivity contribution in [2.45, 2.75) is 25.7 Å². The molecular weight excluding hydrogens is 485 g/mol. The number of allylic oxidation sites excluding steroid dienone is 2. The Morgan fingerprint density at radius 2 is 1.88 bits per heavy atom. The third-order valence-electron chi connectivity index (χ3n) is 5.56. The van der Waals surface area contributed by atoms with Gasteiger partial charge in [0.05, 0.1) is 32.9 Å². The van der Waals surface area contributed by atoms with Gasteiger partial charge >= 0.3 is 0 Å². The molecule has 9 heteroatoms. The number of amides is 1. The molecule has 2 aromatic carbocycles. The lowest BCUT2D eigenvalue weighted by molar-refractivity contribution is -0.122. The molecule has 0 atom stereocenters. The van der Waals surface area contributed by atoms with Crippen LogP contribution in [0.4, 0.5) is 10.8 Å². The minimum atomic E-state index is -0.0229. The molecule has 3 heterocycles. The van der Waals surface area contributed by atoms with Gasteiger partial charge in [0.1, 0.15) is 5.75 Å². The molecule has 0 bridgehead atoms. The number of benzene rings is 2. The zero-order valence-electron chi connectivity index (χ0n) is 19.4. The fourth-order valence-electron chi connectivity index (χ4n) is 3.84. The third-order valence-corrected chi connectivity index (χ3v) is 8.63. The van der Waals surface area contributed by atoms with Crippen LogP contribution in [0, 0.1) is 6.92 Å². The SMILES string of the molecule is CCN1C(=O)C(=CC=C2Sc3ccc(OC)cc3N2CC)SC1=Nc1nc2ccc(C)cc2s1. The smallest absolute Gasteiger partial charge is 0.266 e. The summed E-state index contributed by atoms with van der Waals surface area (Å²) in [5.41, 5.74) is 3.26. The number of anilines is 1. The van der Waals surface area contributed by atoms with Gasteiger partial charge in [0, 0.05) is 24.1 Å². The van der Waals surface area contributed by atoms with E-state index in [2.05, 4.69) is 48.0 Å². The number of aliphatic imine (C=N–C) groups is 1. The van der Waals surface area contributed by atoms with Gasteiger partial charge in [-0.25, -0.2) is 4.98 Å². The summed E-state index contributed by atoms with van der Waals surface area (Å²) in [4.78, 5) is 28.3. The van der Waals surface area contributed by atoms with Gasteiger partial charge in [0.25, 0.3) is 5.91 Å². The van der Waals surface area contributed by atoms with Gasteiger partial charge in [-0.15, -0.1) is 0 Å². The first-order valence-electron chi connectivity index (χ1n) is 11.0. The van der Waals surface area contributed by atoms with Crippen LogP contribution in [0.15, 0.2) is 68.4 Å². The second-order valence-corrected chi connectivity index (χ2v) is 10.8. The van der Waals surface area contributed by atoms with E-state index < -0.39 is 0 Å². The van der Waals surface area contributed by atoms with E-state index in [4.69, 9.17) is 9.73 Å². The molecule has 174 valence electrons. The maximum Gasteiger partial charge on any atom is 0.266 e. The normalized spacial score (nSPS) is 19.3. The number of rotatable bonds is 5. The van der Waals surface area contributed by atoms with Crippen LogP contribution in [0.3, 0.4) is 0 Å². The van der Waals surface area contributed by atoms with Crippen molar-refractivity contribution in [3.05, 3.63) is 64.0 Å². The number of thioether (sulfide) groups is 2. The van der Waals surface area contributed by atoms with E-state index in [1.165, 1.54) is 22.2 Å². The molecule has 2 aliphatic rings. The second kappa shape index (κ2) is 9.48. The summed E-state index contributed by atoms with van der Waals surface area (Å²) in [5.74, 6) is 0.814. The average Bonchev–Trinajstić information content (AvgIpc) is 3.49. The first kappa shape index (κ1) is 23.0. The predicted octanol–water partition coefficient (Wildman–Crippen LogP) is 6.55. The van der Waals surface area contributed by atoms with E-state index in [0.717, 1.165) is 33.2 Å². The van der Waals surface area contributed by atoms with Gasteiger partial charge in [-0.05, 0) is 74.5 Å². The molecule has 3 aromatic rings. The van der Waals surface area contributed by atoms with Crippen LogP contribution in [0.25, 0.3) is 10.2 Å². The molecule has 34 heavy (non-hydrogen) atoms. The van der Waals surface area contributed by atoms with E-state index in [0.29, 0.717) is 21.7 Å². The van der Waals surface area contributed by atoms with Crippen molar-refractivity contribution < 1.29 is 9.53 Å². The molecule has 0 radical (unpaired) electrons. The second-order valence-electron chi connectivity index (χ2n) is 7.73. The Balaban J connectivity index is 1.43. The van der Waals surface area contributed by atoms with Crippen molar-refractivity contribution in [1.29, 1.82) is 0 Å². The van der Waals surface area contributed by atoms with Gasteiger partial charge in [0.15, 0.2) is 5.17 Å². The van der Waals surface area contributed by atoms with Crippen LogP contribution < -0.4 is 9.64 Å². The number of likely N-dealkylation sites (N-methyl/N-ethyl adjacent to an activating group) is 1. The first-order valence-corrected chi connectivity index (χ1v) is 13.5. The summed E-state index contributed by atoms with van der Waals surface area (Å²) < 4.78 is 6.50. The molecule has 1 amide bonds. The van der Waals surface area contributed by atoms with E-state index in [-0.39, 0.29) is 5.91 Å². The Kier molecular flexibility index (Phi) is 6.42. The largest absolute Gasteiger partial charge is 0.497 e. The van der Waals surface area contributed by atoms with Gasteiger partial charge in [-0.1, -0.05) is 29.2 Å². The Hall–Kier alpha value is -2.75. The molecule has 0 spiro atoms. The van der Waals surface area contributed by atoms with Crippen molar-refractivity contribution in [3.63, 3.8) is 0 Å². The van der Waals surface area contributed by atoms with Crippen LogP contribution in [0.1, 0.15) is 19.4 Å². The summed E-state index contributed by atoms with van der Waals surface area (Å²) in [5, 5.41) is 2.43. The summed E-state index contributed by atoms with van der Waals surface area (Å²) in [6.45, 7) is 7.54. The molecule has 1 fully saturated rings. The molecule has 0 aliphatic carbocycles. The lowest BCUT2D eigenvalue weighted by Gasteiger charge is -2.18. The monoisotopic (exact) mass is 508 g/mol. The molecule has 0 N–H and O–H groups in total. The Morgan fingerprint density at radius 1 is 1.06 bits per heavy atom. The van der Waals surface area contributed by atoms with Crippen LogP contribution >= 0.6 is 34.9 Å². The van der Waals surface area contributed by atoms with E-state index in [1.807, 2.05) is 31.2 Å². The lowest BCUT2D eigenvalue weighted by atomic mass is 10.2. The van der Waals surface area contributed by atoms with Gasteiger partial charge in [-0.3, -0.25) is 9.69 Å². The molecule has 1 aromatic heterocycles. The number of carbonyl (C=O) groups is 1. The number of aryl methyl sites for hydroxylation is 1. The molecule has 1 saturated heterocycles. The molecule has 5 rings (SSSR count). The van der Waals surface area contributed by atoms with Crippen molar-refractivity contribution in [3.8, 4) is 5.75 Å². The topological polar surface area (TPSA) is 58.0 Å². The van der Waals surface area contributed by atoms with E-state index in [1.54, 1.807) is 35.1 Å². The number of methoxy groups -OCH3 is 1. The number of hydrogen-bond acceptors (Lipinski definition) is 8. The van der Waals surface area contributed by atoms with Crippen molar-refractivity contribution in [1.82, 2.24) is 9.88 Å². The van der Waals surface area contributed by atoms with Crippen LogP contribution in [0.2, 0.25) is 0 Å². The molecule has 6 nitrogen and oxygen atoms in total.